The Balaban J connectivity index is 2.05. The minimum Gasteiger partial charge on any atom is -0.344 e. The number of rotatable bonds is 1. The fourth-order valence-electron chi connectivity index (χ4n) is 3.88. The highest BCUT2D eigenvalue weighted by atomic mass is 19.4. The van der Waals surface area contributed by atoms with Gasteiger partial charge >= 0.3 is 11.9 Å². The molecular weight excluding hydrogens is 363 g/mol. The van der Waals surface area contributed by atoms with Crippen LogP contribution in [0.1, 0.15) is 35.4 Å². The molecule has 2 heterocycles. The number of hydrogen-bond donors (Lipinski definition) is 3. The number of carbonyl (C=O) groups excluding carboxylic acids is 1. The average Bonchev–Trinajstić information content (AvgIpc) is 2.59. The Hall–Kier alpha value is -3.10. The number of aromatic amines is 2. The van der Waals surface area contributed by atoms with Crippen molar-refractivity contribution >= 4 is 11.6 Å². The van der Waals surface area contributed by atoms with Crippen molar-refractivity contribution in [3.05, 3.63) is 73.6 Å². The number of alkyl halides is 3. The summed E-state index contributed by atoms with van der Waals surface area (Å²) < 4.78 is 40.8. The Morgan fingerprint density at radius 3 is 2.48 bits per heavy atom. The number of nitrogens with one attached hydrogen (secondary N) is 3. The molecule has 0 saturated heterocycles. The molecule has 4 rings (SSSR count). The zero-order chi connectivity index (χ0) is 19.3. The number of carbonyl (C=O) groups is 1. The molecule has 0 spiro atoms. The molecule has 1 aliphatic heterocycles. The maximum absolute atomic E-state index is 13.6. The summed E-state index contributed by atoms with van der Waals surface area (Å²) in [5.41, 5.74) is -2.36. The quantitative estimate of drug-likeness (QED) is 0.712. The normalized spacial score (nSPS) is 21.7. The van der Waals surface area contributed by atoms with Crippen molar-refractivity contribution in [2.45, 2.75) is 24.9 Å². The van der Waals surface area contributed by atoms with Crippen LogP contribution in [0, 0.1) is 5.92 Å². The molecule has 1 aromatic carbocycles. The third kappa shape index (κ3) is 2.79. The van der Waals surface area contributed by atoms with Gasteiger partial charge in [-0.15, -0.1) is 0 Å². The summed E-state index contributed by atoms with van der Waals surface area (Å²) in [4.78, 5) is 41.2. The first-order chi connectivity index (χ1) is 12.8. The van der Waals surface area contributed by atoms with E-state index in [2.05, 4.69) is 10.3 Å². The third-order valence-corrected chi connectivity index (χ3v) is 4.93. The molecule has 9 heteroatoms. The largest absolute Gasteiger partial charge is 0.416 e. The number of aromatic nitrogens is 2. The zero-order valence-electron chi connectivity index (χ0n) is 13.8. The SMILES string of the molecule is O=C1CCC=C2Nc3[nH]c(=O)[nH]c(=O)c3C(c3ccccc3C(F)(F)F)C12. The molecule has 0 amide bonds. The summed E-state index contributed by atoms with van der Waals surface area (Å²) in [7, 11) is 0. The fourth-order valence-corrected chi connectivity index (χ4v) is 3.88. The highest BCUT2D eigenvalue weighted by Crippen LogP contribution is 2.47. The van der Waals surface area contributed by atoms with E-state index in [9.17, 15) is 27.6 Å². The molecular formula is C18H14F3N3O3. The Kier molecular flexibility index (Phi) is 3.83. The molecule has 0 radical (unpaired) electrons. The number of allylic oxidation sites excluding steroid dienone is 2. The number of ketones is 1. The highest BCUT2D eigenvalue weighted by Gasteiger charge is 2.45. The number of halogens is 3. The lowest BCUT2D eigenvalue weighted by molar-refractivity contribution is -0.138. The lowest BCUT2D eigenvalue weighted by Crippen LogP contribution is -2.41. The highest BCUT2D eigenvalue weighted by molar-refractivity contribution is 5.89. The minimum atomic E-state index is -4.65. The topological polar surface area (TPSA) is 94.8 Å². The van der Waals surface area contributed by atoms with Gasteiger partial charge in [-0.1, -0.05) is 24.3 Å². The lowest BCUT2D eigenvalue weighted by atomic mass is 9.71. The predicted molar refractivity (Wildman–Crippen MR) is 90.4 cm³/mol. The van der Waals surface area contributed by atoms with E-state index in [1.807, 2.05) is 4.98 Å². The van der Waals surface area contributed by atoms with Gasteiger partial charge in [0.05, 0.1) is 17.0 Å². The first-order valence-corrected chi connectivity index (χ1v) is 8.30. The van der Waals surface area contributed by atoms with E-state index in [4.69, 9.17) is 0 Å². The molecule has 27 heavy (non-hydrogen) atoms. The third-order valence-electron chi connectivity index (χ3n) is 4.93. The van der Waals surface area contributed by atoms with Gasteiger partial charge in [-0.3, -0.25) is 19.6 Å². The van der Waals surface area contributed by atoms with Gasteiger partial charge in [0, 0.05) is 18.0 Å². The van der Waals surface area contributed by atoms with Gasteiger partial charge in [0.15, 0.2) is 0 Å². The first-order valence-electron chi connectivity index (χ1n) is 8.30. The van der Waals surface area contributed by atoms with Crippen LogP contribution < -0.4 is 16.6 Å². The minimum absolute atomic E-state index is 0.0166. The second-order valence-corrected chi connectivity index (χ2v) is 6.53. The molecule has 2 unspecified atom stereocenters. The van der Waals surface area contributed by atoms with Crippen molar-refractivity contribution in [1.29, 1.82) is 0 Å². The standard InChI is InChI=1S/C18H14F3N3O3/c19-18(20,21)9-5-2-1-4-8(9)12-13-10(6-3-7-11(13)25)22-15-14(12)16(26)24-17(27)23-15/h1-2,4-6,12-13H,3,7H2,(H3,22,23,24,26,27). The summed E-state index contributed by atoms with van der Waals surface area (Å²) in [5.74, 6) is -2.33. The van der Waals surface area contributed by atoms with Crippen molar-refractivity contribution in [3.63, 3.8) is 0 Å². The van der Waals surface area contributed by atoms with Crippen LogP contribution in [0.4, 0.5) is 19.0 Å². The summed E-state index contributed by atoms with van der Waals surface area (Å²) in [6, 6.07) is 4.88. The molecule has 2 atom stereocenters. The van der Waals surface area contributed by atoms with Gasteiger partial charge in [-0.25, -0.2) is 4.79 Å². The van der Waals surface area contributed by atoms with Crippen molar-refractivity contribution in [2.24, 2.45) is 5.92 Å². The van der Waals surface area contributed by atoms with Gasteiger partial charge in [0.1, 0.15) is 11.6 Å². The molecule has 0 bridgehead atoms. The van der Waals surface area contributed by atoms with Crippen molar-refractivity contribution in [3.8, 4) is 0 Å². The number of benzene rings is 1. The van der Waals surface area contributed by atoms with Gasteiger partial charge in [-0.2, -0.15) is 13.2 Å². The van der Waals surface area contributed by atoms with Crippen molar-refractivity contribution in [1.82, 2.24) is 9.97 Å². The number of anilines is 1. The van der Waals surface area contributed by atoms with E-state index in [-0.39, 0.29) is 29.1 Å². The summed E-state index contributed by atoms with van der Waals surface area (Å²) in [5, 5.41) is 2.85. The van der Waals surface area contributed by atoms with Crippen LogP contribution in [0.2, 0.25) is 0 Å². The monoisotopic (exact) mass is 377 g/mol. The number of hydrogen-bond acceptors (Lipinski definition) is 4. The van der Waals surface area contributed by atoms with Crippen LogP contribution in [0.25, 0.3) is 0 Å². The van der Waals surface area contributed by atoms with Crippen molar-refractivity contribution in [2.75, 3.05) is 5.32 Å². The second-order valence-electron chi connectivity index (χ2n) is 6.53. The Morgan fingerprint density at radius 1 is 1.00 bits per heavy atom. The Morgan fingerprint density at radius 2 is 1.74 bits per heavy atom. The molecule has 2 aliphatic rings. The van der Waals surface area contributed by atoms with Crippen LogP contribution in [0.3, 0.4) is 0 Å². The van der Waals surface area contributed by atoms with Gasteiger partial charge in [0.2, 0.25) is 0 Å². The summed E-state index contributed by atoms with van der Waals surface area (Å²) >= 11 is 0. The molecule has 0 saturated carbocycles. The smallest absolute Gasteiger partial charge is 0.344 e. The molecule has 0 fully saturated rings. The predicted octanol–water partition coefficient (Wildman–Crippen LogP) is 2.50. The van der Waals surface area contributed by atoms with Gasteiger partial charge < -0.3 is 5.32 Å². The molecule has 140 valence electrons. The van der Waals surface area contributed by atoms with Gasteiger partial charge in [-0.05, 0) is 18.1 Å². The fraction of sp³-hybridized carbons (Fsp3) is 0.278. The number of H-pyrrole nitrogens is 2. The van der Waals surface area contributed by atoms with E-state index in [1.165, 1.54) is 18.2 Å². The first kappa shape index (κ1) is 17.3. The molecule has 2 aromatic rings. The maximum Gasteiger partial charge on any atom is 0.416 e. The second kappa shape index (κ2) is 5.97. The van der Waals surface area contributed by atoms with Crippen LogP contribution in [0.5, 0.6) is 0 Å². The zero-order valence-corrected chi connectivity index (χ0v) is 13.8. The average molecular weight is 377 g/mol. The van der Waals surface area contributed by atoms with Crippen LogP contribution >= 0.6 is 0 Å². The van der Waals surface area contributed by atoms with E-state index < -0.39 is 34.8 Å². The maximum atomic E-state index is 13.6. The van der Waals surface area contributed by atoms with E-state index in [1.54, 1.807) is 6.08 Å². The molecule has 1 aliphatic carbocycles. The summed E-state index contributed by atoms with van der Waals surface area (Å²) in [6.45, 7) is 0. The number of fused-ring (bicyclic) bond motifs is 2. The Labute approximate surface area is 150 Å². The van der Waals surface area contributed by atoms with E-state index in [0.29, 0.717) is 12.1 Å². The lowest BCUT2D eigenvalue weighted by Gasteiger charge is -2.37. The Bertz CT molecular complexity index is 1080. The number of Topliss-reactive ketones (excluding diaryl/α,β-unsaturated/α-hetero) is 1. The van der Waals surface area contributed by atoms with Gasteiger partial charge in [0.25, 0.3) is 5.56 Å². The van der Waals surface area contributed by atoms with Crippen molar-refractivity contribution < 1.29 is 18.0 Å². The summed E-state index contributed by atoms with van der Waals surface area (Å²) in [6.07, 6.45) is -2.32. The molecule has 3 N–H and O–H groups in total. The van der Waals surface area contributed by atoms with E-state index >= 15 is 0 Å². The molecule has 6 nitrogen and oxygen atoms in total. The molecule has 1 aromatic heterocycles. The van der Waals surface area contributed by atoms with E-state index in [0.717, 1.165) is 6.07 Å². The van der Waals surface area contributed by atoms with Crippen LogP contribution in [-0.4, -0.2) is 15.8 Å². The van der Waals surface area contributed by atoms with Crippen LogP contribution in [-0.2, 0) is 11.0 Å². The van der Waals surface area contributed by atoms with Crippen LogP contribution in [0.15, 0.2) is 45.6 Å².